The van der Waals surface area contributed by atoms with Gasteiger partial charge in [0.25, 0.3) is 0 Å². The van der Waals surface area contributed by atoms with Crippen LogP contribution >= 0.6 is 0 Å². The molecule has 6 heteroatoms. The van der Waals surface area contributed by atoms with Crippen molar-refractivity contribution in [3.63, 3.8) is 0 Å². The predicted octanol–water partition coefficient (Wildman–Crippen LogP) is 6.93. The zero-order valence-electron chi connectivity index (χ0n) is 17.2. The topological polar surface area (TPSA) is 27.1 Å². The standard InChI is InChI=1S/C26H19F3N2O/c1-32-22-12-13-24-23(15-22)30-25(19-8-10-21(11-9-19)26(27,28)29)31(24)16-17-6-7-18-4-2-3-5-20(18)14-17/h2-15H,16H2,1H3. The number of aromatic nitrogens is 2. The molecule has 0 atom stereocenters. The summed E-state index contributed by atoms with van der Waals surface area (Å²) in [5.74, 6) is 1.28. The van der Waals surface area contributed by atoms with Crippen LogP contribution in [-0.4, -0.2) is 16.7 Å². The fourth-order valence-electron chi connectivity index (χ4n) is 3.94. The number of ether oxygens (including phenoxy) is 1. The third kappa shape index (κ3) is 3.68. The van der Waals surface area contributed by atoms with E-state index < -0.39 is 11.7 Å². The highest BCUT2D eigenvalue weighted by Crippen LogP contribution is 2.33. The van der Waals surface area contributed by atoms with Crippen LogP contribution in [0.1, 0.15) is 11.1 Å². The number of imidazole rings is 1. The molecule has 0 spiro atoms. The highest BCUT2D eigenvalue weighted by Gasteiger charge is 2.30. The van der Waals surface area contributed by atoms with E-state index in [9.17, 15) is 13.2 Å². The van der Waals surface area contributed by atoms with Gasteiger partial charge in [0, 0.05) is 18.2 Å². The average molecular weight is 432 g/mol. The highest BCUT2D eigenvalue weighted by atomic mass is 19.4. The van der Waals surface area contributed by atoms with Gasteiger partial charge in [-0.15, -0.1) is 0 Å². The normalized spacial score (nSPS) is 11.9. The van der Waals surface area contributed by atoms with Crippen molar-refractivity contribution in [1.82, 2.24) is 9.55 Å². The van der Waals surface area contributed by atoms with Gasteiger partial charge in [-0.1, -0.05) is 48.5 Å². The molecule has 5 rings (SSSR count). The van der Waals surface area contributed by atoms with E-state index in [1.807, 2.05) is 34.9 Å². The maximum absolute atomic E-state index is 13.0. The van der Waals surface area contributed by atoms with Crippen molar-refractivity contribution in [2.75, 3.05) is 7.11 Å². The molecule has 3 nitrogen and oxygen atoms in total. The van der Waals surface area contributed by atoms with Crippen molar-refractivity contribution in [2.24, 2.45) is 0 Å². The Morgan fingerprint density at radius 1 is 0.844 bits per heavy atom. The molecule has 0 unspecified atom stereocenters. The van der Waals surface area contributed by atoms with Gasteiger partial charge in [0.2, 0.25) is 0 Å². The summed E-state index contributed by atoms with van der Waals surface area (Å²) in [5.41, 5.74) is 2.62. The molecule has 0 fully saturated rings. The van der Waals surface area contributed by atoms with Crippen molar-refractivity contribution in [1.29, 1.82) is 0 Å². The summed E-state index contributed by atoms with van der Waals surface area (Å²) < 4.78 is 46.4. The van der Waals surface area contributed by atoms with Crippen molar-refractivity contribution in [3.8, 4) is 17.1 Å². The van der Waals surface area contributed by atoms with Crippen LogP contribution in [0.2, 0.25) is 0 Å². The third-order valence-electron chi connectivity index (χ3n) is 5.58. The Labute approximate surface area is 182 Å². The minimum Gasteiger partial charge on any atom is -0.497 e. The molecule has 0 N–H and O–H groups in total. The molecule has 1 aromatic heterocycles. The molecule has 160 valence electrons. The molecule has 0 bridgehead atoms. The Morgan fingerprint density at radius 3 is 2.31 bits per heavy atom. The number of alkyl halides is 3. The summed E-state index contributed by atoms with van der Waals surface area (Å²) >= 11 is 0. The summed E-state index contributed by atoms with van der Waals surface area (Å²) in [6.07, 6.45) is -4.38. The second-order valence-corrected chi connectivity index (χ2v) is 7.63. The number of fused-ring (bicyclic) bond motifs is 2. The maximum Gasteiger partial charge on any atom is 0.416 e. The Balaban J connectivity index is 1.63. The van der Waals surface area contributed by atoms with Crippen LogP contribution in [0.3, 0.4) is 0 Å². The van der Waals surface area contributed by atoms with Crippen molar-refractivity contribution < 1.29 is 17.9 Å². The van der Waals surface area contributed by atoms with Gasteiger partial charge in [0.05, 0.1) is 23.7 Å². The molecule has 0 amide bonds. The van der Waals surface area contributed by atoms with Crippen LogP contribution in [0.5, 0.6) is 5.75 Å². The predicted molar refractivity (Wildman–Crippen MR) is 120 cm³/mol. The van der Waals surface area contributed by atoms with Gasteiger partial charge in [-0.05, 0) is 46.7 Å². The van der Waals surface area contributed by atoms with Crippen molar-refractivity contribution in [2.45, 2.75) is 12.7 Å². The Hall–Kier alpha value is -3.80. The molecule has 5 aromatic rings. The van der Waals surface area contributed by atoms with Gasteiger partial charge < -0.3 is 9.30 Å². The SMILES string of the molecule is COc1ccc2c(c1)nc(-c1ccc(C(F)(F)F)cc1)n2Cc1ccc2ccccc2c1. The number of methoxy groups -OCH3 is 1. The zero-order chi connectivity index (χ0) is 22.3. The first-order valence-corrected chi connectivity index (χ1v) is 10.1. The Kier molecular flexibility index (Phi) is 4.85. The molecule has 4 aromatic carbocycles. The smallest absolute Gasteiger partial charge is 0.416 e. The maximum atomic E-state index is 13.0. The summed E-state index contributed by atoms with van der Waals surface area (Å²) in [4.78, 5) is 4.74. The number of halogens is 3. The van der Waals surface area contributed by atoms with E-state index in [2.05, 4.69) is 30.3 Å². The molecule has 0 aliphatic carbocycles. The molecule has 1 heterocycles. The average Bonchev–Trinajstić information content (AvgIpc) is 3.16. The first-order chi connectivity index (χ1) is 15.4. The number of hydrogen-bond acceptors (Lipinski definition) is 2. The van der Waals surface area contributed by atoms with Crippen LogP contribution in [0.4, 0.5) is 13.2 Å². The zero-order valence-corrected chi connectivity index (χ0v) is 17.2. The van der Waals surface area contributed by atoms with Crippen LogP contribution in [0, 0.1) is 0 Å². The summed E-state index contributed by atoms with van der Waals surface area (Å²) in [7, 11) is 1.59. The molecule has 0 saturated heterocycles. The van der Waals surface area contributed by atoms with Crippen molar-refractivity contribution >= 4 is 21.8 Å². The monoisotopic (exact) mass is 432 g/mol. The lowest BCUT2D eigenvalue weighted by molar-refractivity contribution is -0.137. The summed E-state index contributed by atoms with van der Waals surface area (Å²) in [6, 6.07) is 25.1. The molecule has 32 heavy (non-hydrogen) atoms. The fourth-order valence-corrected chi connectivity index (χ4v) is 3.94. The lowest BCUT2D eigenvalue weighted by Gasteiger charge is -2.12. The van der Waals surface area contributed by atoms with Gasteiger partial charge in [-0.3, -0.25) is 0 Å². The van der Waals surface area contributed by atoms with E-state index in [4.69, 9.17) is 9.72 Å². The first-order valence-electron chi connectivity index (χ1n) is 10.1. The molecular formula is C26H19F3N2O. The first kappa shape index (κ1) is 20.1. The molecule has 0 aliphatic rings. The van der Waals surface area contributed by atoms with E-state index in [1.54, 1.807) is 7.11 Å². The summed E-state index contributed by atoms with van der Waals surface area (Å²) in [6.45, 7) is 0.532. The van der Waals surface area contributed by atoms with Gasteiger partial charge in [0.1, 0.15) is 11.6 Å². The number of rotatable bonds is 4. The second-order valence-electron chi connectivity index (χ2n) is 7.63. The summed E-state index contributed by atoms with van der Waals surface area (Å²) in [5, 5.41) is 2.28. The van der Waals surface area contributed by atoms with Crippen LogP contribution in [0.15, 0.2) is 84.9 Å². The van der Waals surface area contributed by atoms with E-state index >= 15 is 0 Å². The third-order valence-corrected chi connectivity index (χ3v) is 5.58. The van der Waals surface area contributed by atoms with Gasteiger partial charge >= 0.3 is 6.18 Å². The van der Waals surface area contributed by atoms with Gasteiger partial charge in [-0.2, -0.15) is 13.2 Å². The minimum atomic E-state index is -4.38. The van der Waals surface area contributed by atoms with Crippen molar-refractivity contribution in [3.05, 3.63) is 96.1 Å². The molecular weight excluding hydrogens is 413 g/mol. The second kappa shape index (κ2) is 7.71. The van der Waals surface area contributed by atoms with E-state index in [1.165, 1.54) is 12.1 Å². The fraction of sp³-hybridized carbons (Fsp3) is 0.115. The lowest BCUT2D eigenvalue weighted by atomic mass is 10.1. The lowest BCUT2D eigenvalue weighted by Crippen LogP contribution is -2.05. The molecule has 0 aliphatic heterocycles. The number of benzene rings is 4. The number of hydrogen-bond donors (Lipinski definition) is 0. The quantitative estimate of drug-likeness (QED) is 0.308. The van der Waals surface area contributed by atoms with Gasteiger partial charge in [0.15, 0.2) is 0 Å². The van der Waals surface area contributed by atoms with Gasteiger partial charge in [-0.25, -0.2) is 4.98 Å². The van der Waals surface area contributed by atoms with Crippen LogP contribution < -0.4 is 4.74 Å². The molecule has 0 radical (unpaired) electrons. The highest BCUT2D eigenvalue weighted by molar-refractivity contribution is 5.84. The largest absolute Gasteiger partial charge is 0.497 e. The van der Waals surface area contributed by atoms with E-state index in [0.717, 1.165) is 39.5 Å². The van der Waals surface area contributed by atoms with E-state index in [-0.39, 0.29) is 0 Å². The van der Waals surface area contributed by atoms with E-state index in [0.29, 0.717) is 23.7 Å². The molecule has 0 saturated carbocycles. The Bertz CT molecular complexity index is 1420. The van der Waals surface area contributed by atoms with Crippen LogP contribution in [0.25, 0.3) is 33.2 Å². The Morgan fingerprint density at radius 2 is 1.59 bits per heavy atom. The van der Waals surface area contributed by atoms with Crippen LogP contribution in [-0.2, 0) is 12.7 Å². The minimum absolute atomic E-state index is 0.532. The number of nitrogens with zero attached hydrogens (tertiary/aromatic N) is 2.